The van der Waals surface area contributed by atoms with E-state index >= 15 is 0 Å². The van der Waals surface area contributed by atoms with Gasteiger partial charge in [0.15, 0.2) is 0 Å². The second-order valence-corrected chi connectivity index (χ2v) is 8.31. The minimum atomic E-state index is -0.0753. The third-order valence-electron chi connectivity index (χ3n) is 4.86. The molecule has 28 heavy (non-hydrogen) atoms. The van der Waals surface area contributed by atoms with Crippen molar-refractivity contribution in [1.29, 1.82) is 0 Å². The SMILES string of the molecule is C=CC(=O)N1Cc2sc(Cl)cc2[C@@H](c2ccccc2C(/C=C(/C)N=C)=NC)C1. The minimum Gasteiger partial charge on any atom is -0.333 e. The molecule has 1 atom stereocenters. The number of carbonyl (C=O) groups is 1. The molecule has 1 aliphatic rings. The van der Waals surface area contributed by atoms with Gasteiger partial charge in [-0.05, 0) is 43.0 Å². The maximum Gasteiger partial charge on any atom is 0.246 e. The lowest BCUT2D eigenvalue weighted by Gasteiger charge is -2.33. The fourth-order valence-corrected chi connectivity index (χ4v) is 4.84. The number of carbonyl (C=O) groups excluding carboxylic acids is 1. The van der Waals surface area contributed by atoms with Crippen molar-refractivity contribution >= 4 is 41.3 Å². The van der Waals surface area contributed by atoms with Gasteiger partial charge in [-0.1, -0.05) is 42.4 Å². The lowest BCUT2D eigenvalue weighted by atomic mass is 9.84. The van der Waals surface area contributed by atoms with Gasteiger partial charge >= 0.3 is 0 Å². The van der Waals surface area contributed by atoms with Gasteiger partial charge in [-0.15, -0.1) is 11.3 Å². The molecule has 0 bridgehead atoms. The number of rotatable bonds is 5. The Balaban J connectivity index is 2.14. The van der Waals surface area contributed by atoms with E-state index in [1.54, 1.807) is 7.05 Å². The first kappa shape index (κ1) is 20.2. The van der Waals surface area contributed by atoms with Crippen LogP contribution in [0.2, 0.25) is 4.34 Å². The second-order valence-electron chi connectivity index (χ2n) is 6.54. The van der Waals surface area contributed by atoms with Crippen LogP contribution in [-0.2, 0) is 11.3 Å². The zero-order valence-electron chi connectivity index (χ0n) is 16.0. The normalized spacial score (nSPS) is 17.2. The molecular weight excluding hydrogens is 390 g/mol. The Morgan fingerprint density at radius 3 is 2.79 bits per heavy atom. The molecule has 6 heteroatoms. The summed E-state index contributed by atoms with van der Waals surface area (Å²) in [7, 11) is 1.76. The predicted octanol–water partition coefficient (Wildman–Crippen LogP) is 5.08. The minimum absolute atomic E-state index is 0.00902. The van der Waals surface area contributed by atoms with Crippen LogP contribution in [0.25, 0.3) is 0 Å². The summed E-state index contributed by atoms with van der Waals surface area (Å²) in [5.74, 6) is -0.0663. The molecular formula is C22H22ClN3OS. The molecule has 4 nitrogen and oxygen atoms in total. The van der Waals surface area contributed by atoms with E-state index < -0.39 is 0 Å². The molecule has 0 saturated carbocycles. The Morgan fingerprint density at radius 2 is 2.11 bits per heavy atom. The van der Waals surface area contributed by atoms with Crippen molar-refractivity contribution in [3.8, 4) is 0 Å². The van der Waals surface area contributed by atoms with E-state index in [0.29, 0.717) is 13.1 Å². The van der Waals surface area contributed by atoms with Crippen molar-refractivity contribution in [3.05, 3.63) is 80.7 Å². The number of fused-ring (bicyclic) bond motifs is 1. The fourth-order valence-electron chi connectivity index (χ4n) is 3.49. The van der Waals surface area contributed by atoms with Gasteiger partial charge < -0.3 is 4.90 Å². The molecule has 1 amide bonds. The van der Waals surface area contributed by atoms with Crippen LogP contribution in [-0.4, -0.2) is 36.8 Å². The summed E-state index contributed by atoms with van der Waals surface area (Å²) < 4.78 is 0.733. The van der Waals surface area contributed by atoms with Crippen molar-refractivity contribution in [2.45, 2.75) is 19.4 Å². The summed E-state index contributed by atoms with van der Waals surface area (Å²) >= 11 is 7.85. The summed E-state index contributed by atoms with van der Waals surface area (Å²) in [4.78, 5) is 23.7. The van der Waals surface area contributed by atoms with Gasteiger partial charge in [0.25, 0.3) is 0 Å². The first-order valence-corrected chi connectivity index (χ1v) is 10.1. The highest BCUT2D eigenvalue weighted by Crippen LogP contribution is 2.41. The van der Waals surface area contributed by atoms with Crippen LogP contribution in [0.1, 0.15) is 34.4 Å². The molecule has 144 valence electrons. The Morgan fingerprint density at radius 1 is 1.36 bits per heavy atom. The number of halogens is 1. The molecule has 2 heterocycles. The third-order valence-corrected chi connectivity index (χ3v) is 6.12. The smallest absolute Gasteiger partial charge is 0.246 e. The standard InChI is InChI=1S/C22H22ClN3OS/c1-5-22(27)26-12-18(17-11-21(23)28-20(17)13-26)15-8-6-7-9-16(15)19(25-4)10-14(2)24-3/h5-11,18H,1,3,12-13H2,2,4H3/b14-10-,25-19?/t18-/m1/s1. The topological polar surface area (TPSA) is 45.0 Å². The zero-order valence-corrected chi connectivity index (χ0v) is 17.6. The molecule has 1 aromatic heterocycles. The van der Waals surface area contributed by atoms with Crippen LogP contribution < -0.4 is 0 Å². The molecule has 1 aliphatic heterocycles. The zero-order chi connectivity index (χ0) is 20.3. The molecule has 0 spiro atoms. The van der Waals surface area contributed by atoms with E-state index in [9.17, 15) is 4.79 Å². The Hall–Kier alpha value is -2.50. The summed E-state index contributed by atoms with van der Waals surface area (Å²) in [6.07, 6.45) is 3.28. The predicted molar refractivity (Wildman–Crippen MR) is 119 cm³/mol. The van der Waals surface area contributed by atoms with Crippen LogP contribution in [0.5, 0.6) is 0 Å². The van der Waals surface area contributed by atoms with E-state index in [4.69, 9.17) is 11.6 Å². The summed E-state index contributed by atoms with van der Waals surface area (Å²) in [6.45, 7) is 10.2. The van der Waals surface area contributed by atoms with Crippen LogP contribution >= 0.6 is 22.9 Å². The van der Waals surface area contributed by atoms with Crippen molar-refractivity contribution in [1.82, 2.24) is 4.90 Å². The van der Waals surface area contributed by atoms with Crippen LogP contribution in [0.3, 0.4) is 0 Å². The molecule has 0 unspecified atom stereocenters. The Kier molecular flexibility index (Phi) is 6.27. The fraction of sp³-hybridized carbons (Fsp3) is 0.227. The average molecular weight is 412 g/mol. The third kappa shape index (κ3) is 4.01. The molecule has 0 saturated heterocycles. The van der Waals surface area contributed by atoms with E-state index in [0.717, 1.165) is 31.7 Å². The first-order valence-electron chi connectivity index (χ1n) is 8.89. The molecule has 3 rings (SSSR count). The molecule has 0 radical (unpaired) electrons. The maximum absolute atomic E-state index is 12.3. The number of benzene rings is 1. The van der Waals surface area contributed by atoms with Gasteiger partial charge in [-0.2, -0.15) is 0 Å². The number of aliphatic imine (C=N–C) groups is 2. The van der Waals surface area contributed by atoms with Gasteiger partial charge in [0.2, 0.25) is 5.91 Å². The quantitative estimate of drug-likeness (QED) is 0.499. The number of hydrogen-bond acceptors (Lipinski definition) is 4. The van der Waals surface area contributed by atoms with Crippen molar-refractivity contribution in [2.24, 2.45) is 9.98 Å². The molecule has 0 N–H and O–H groups in total. The van der Waals surface area contributed by atoms with Crippen molar-refractivity contribution in [3.63, 3.8) is 0 Å². The van der Waals surface area contributed by atoms with Crippen molar-refractivity contribution < 1.29 is 4.79 Å². The van der Waals surface area contributed by atoms with Crippen LogP contribution in [0.4, 0.5) is 0 Å². The lowest BCUT2D eigenvalue weighted by molar-refractivity contribution is -0.127. The average Bonchev–Trinajstić information content (AvgIpc) is 3.10. The molecule has 2 aromatic rings. The van der Waals surface area contributed by atoms with Gasteiger partial charge in [0.1, 0.15) is 0 Å². The van der Waals surface area contributed by atoms with Crippen molar-refractivity contribution in [2.75, 3.05) is 13.6 Å². The summed E-state index contributed by atoms with van der Waals surface area (Å²) in [5.41, 5.74) is 4.92. The van der Waals surface area contributed by atoms with Crippen LogP contribution in [0.15, 0.2) is 64.7 Å². The van der Waals surface area contributed by atoms with E-state index in [1.807, 2.05) is 42.2 Å². The summed E-state index contributed by atoms with van der Waals surface area (Å²) in [5, 5.41) is 0. The highest BCUT2D eigenvalue weighted by molar-refractivity contribution is 7.16. The van der Waals surface area contributed by atoms with Gasteiger partial charge in [0.05, 0.1) is 16.6 Å². The number of nitrogens with zero attached hydrogens (tertiary/aromatic N) is 3. The van der Waals surface area contributed by atoms with E-state index in [-0.39, 0.29) is 11.8 Å². The van der Waals surface area contributed by atoms with Gasteiger partial charge in [-0.3, -0.25) is 14.8 Å². The van der Waals surface area contributed by atoms with Gasteiger partial charge in [-0.25, -0.2) is 0 Å². The Labute approximate surface area is 174 Å². The molecule has 0 aliphatic carbocycles. The van der Waals surface area contributed by atoms with E-state index in [1.165, 1.54) is 23.0 Å². The number of amides is 1. The van der Waals surface area contributed by atoms with Gasteiger partial charge in [0, 0.05) is 35.6 Å². The monoisotopic (exact) mass is 411 g/mol. The van der Waals surface area contributed by atoms with Crippen LogP contribution in [0, 0.1) is 0 Å². The highest BCUT2D eigenvalue weighted by atomic mass is 35.5. The Bertz CT molecular complexity index is 989. The first-order chi connectivity index (χ1) is 13.5. The summed E-state index contributed by atoms with van der Waals surface area (Å²) in [6, 6.07) is 10.2. The number of allylic oxidation sites excluding steroid dienone is 2. The molecule has 0 fully saturated rings. The van der Waals surface area contributed by atoms with E-state index in [2.05, 4.69) is 29.3 Å². The lowest BCUT2D eigenvalue weighted by Crippen LogP contribution is -2.37. The number of hydrogen-bond donors (Lipinski definition) is 0. The maximum atomic E-state index is 12.3. The highest BCUT2D eigenvalue weighted by Gasteiger charge is 2.31. The number of thiophene rings is 1. The largest absolute Gasteiger partial charge is 0.333 e. The molecule has 1 aromatic carbocycles. The second kappa shape index (κ2) is 8.67.